The van der Waals surface area contributed by atoms with Crippen molar-refractivity contribution < 1.29 is 36.7 Å². The van der Waals surface area contributed by atoms with Gasteiger partial charge in [0.25, 0.3) is 5.91 Å². The van der Waals surface area contributed by atoms with E-state index in [-0.39, 0.29) is 40.7 Å². The molecular formula is C15H13BrF4NO4PS. The predicted molar refractivity (Wildman–Crippen MR) is 95.5 cm³/mol. The maximum atomic E-state index is 14.0. The molecule has 0 unspecified atom stereocenters. The van der Waals surface area contributed by atoms with Crippen molar-refractivity contribution in [1.29, 1.82) is 0 Å². The minimum Gasteiger partial charge on any atom is -0.352 e. The van der Waals surface area contributed by atoms with E-state index in [2.05, 4.69) is 21.2 Å². The number of rotatable bonds is 5. The van der Waals surface area contributed by atoms with Crippen LogP contribution in [-0.2, 0) is 10.2 Å². The molecule has 1 aromatic heterocycles. The number of alkyl halides is 4. The van der Waals surface area contributed by atoms with E-state index in [9.17, 15) is 26.9 Å². The zero-order valence-corrected chi connectivity index (χ0v) is 16.7. The molecule has 1 aliphatic rings. The van der Waals surface area contributed by atoms with Crippen LogP contribution in [0.15, 0.2) is 22.7 Å². The summed E-state index contributed by atoms with van der Waals surface area (Å²) in [4.78, 5) is 29.2. The van der Waals surface area contributed by atoms with Crippen molar-refractivity contribution in [3.05, 3.63) is 33.1 Å². The molecule has 1 aromatic carbocycles. The molecule has 27 heavy (non-hydrogen) atoms. The number of amides is 1. The fourth-order valence-corrected chi connectivity index (χ4v) is 5.73. The van der Waals surface area contributed by atoms with Gasteiger partial charge in [-0.3, -0.25) is 9.36 Å². The smallest absolute Gasteiger partial charge is 0.352 e. The molecule has 3 rings (SSSR count). The molecule has 1 saturated carbocycles. The second-order valence-electron chi connectivity index (χ2n) is 6.38. The second kappa shape index (κ2) is 6.81. The van der Waals surface area contributed by atoms with E-state index in [1.165, 1.54) is 18.2 Å². The highest BCUT2D eigenvalue weighted by molar-refractivity contribution is 9.10. The summed E-state index contributed by atoms with van der Waals surface area (Å²) >= 11 is 3.44. The minimum absolute atomic E-state index is 0.0821. The molecular weight excluding hydrogens is 477 g/mol. The summed E-state index contributed by atoms with van der Waals surface area (Å²) in [5.74, 6) is -3.54. The Kier molecular flexibility index (Phi) is 5.22. The monoisotopic (exact) mass is 489 g/mol. The Balaban J connectivity index is 1.82. The van der Waals surface area contributed by atoms with Crippen LogP contribution < -0.4 is 5.32 Å². The van der Waals surface area contributed by atoms with Gasteiger partial charge in [-0.15, -0.1) is 11.3 Å². The van der Waals surface area contributed by atoms with E-state index in [4.69, 9.17) is 9.79 Å². The zero-order chi connectivity index (χ0) is 20.2. The lowest BCUT2D eigenvalue weighted by Crippen LogP contribution is -2.42. The molecule has 1 heterocycles. The van der Waals surface area contributed by atoms with Crippen LogP contribution in [0.25, 0.3) is 10.1 Å². The molecule has 0 radical (unpaired) electrons. The maximum Gasteiger partial charge on any atom is 0.400 e. The summed E-state index contributed by atoms with van der Waals surface area (Å²) in [5, 5.41) is 2.73. The Bertz CT molecular complexity index is 953. The highest BCUT2D eigenvalue weighted by Crippen LogP contribution is 2.62. The van der Waals surface area contributed by atoms with Crippen molar-refractivity contribution in [1.82, 2.24) is 5.32 Å². The largest absolute Gasteiger partial charge is 0.400 e. The Morgan fingerprint density at radius 3 is 2.56 bits per heavy atom. The quantitative estimate of drug-likeness (QED) is 0.420. The highest BCUT2D eigenvalue weighted by atomic mass is 79.9. The normalized spacial score (nSPS) is 17.7. The number of nitrogens with one attached hydrogen (secondary N) is 1. The Hall–Kier alpha value is -1.00. The van der Waals surface area contributed by atoms with E-state index in [1.54, 1.807) is 0 Å². The number of carbonyl (C=O) groups excluding carboxylic acids is 1. The second-order valence-corrected chi connectivity index (χ2v) is 9.88. The molecule has 1 fully saturated rings. The van der Waals surface area contributed by atoms with Gasteiger partial charge in [-0.25, -0.2) is 8.78 Å². The summed E-state index contributed by atoms with van der Waals surface area (Å²) in [6.45, 7) is 0.0821. The van der Waals surface area contributed by atoms with Gasteiger partial charge in [-0.1, -0.05) is 0 Å². The minimum atomic E-state index is -5.73. The van der Waals surface area contributed by atoms with Gasteiger partial charge in [0, 0.05) is 39.5 Å². The zero-order valence-electron chi connectivity index (χ0n) is 13.4. The van der Waals surface area contributed by atoms with E-state index >= 15 is 0 Å². The molecule has 0 bridgehead atoms. The fraction of sp³-hybridized carbons (Fsp3) is 0.400. The molecule has 1 aliphatic carbocycles. The lowest BCUT2D eigenvalue weighted by atomic mass is 9.81. The van der Waals surface area contributed by atoms with Gasteiger partial charge in [-0.2, -0.15) is 8.78 Å². The first-order valence-electron chi connectivity index (χ1n) is 7.64. The van der Waals surface area contributed by atoms with E-state index in [0.717, 1.165) is 0 Å². The van der Waals surface area contributed by atoms with Crippen LogP contribution in [0.5, 0.6) is 0 Å². The first kappa shape index (κ1) is 20.7. The first-order chi connectivity index (χ1) is 12.3. The van der Waals surface area contributed by atoms with Crippen LogP contribution in [0.3, 0.4) is 0 Å². The standard InChI is InChI=1S/C15H13BrF4NO4PS/c16-11-9-3-8(13(22)21-6-7-4-14(17,18)5-7)1-2-10(9)27-12(11)15(19,20)26(23,24)25/h1-3,7H,4-6H2,(H,21,22)(H2,23,24,25). The number of fused-ring (bicyclic) bond motifs is 1. The van der Waals surface area contributed by atoms with Crippen molar-refractivity contribution in [3.63, 3.8) is 0 Å². The molecule has 0 spiro atoms. The number of carbonyl (C=O) groups is 1. The van der Waals surface area contributed by atoms with Crippen molar-refractivity contribution in [2.45, 2.75) is 24.4 Å². The summed E-state index contributed by atoms with van der Waals surface area (Å²) in [7, 11) is -5.73. The first-order valence-corrected chi connectivity index (χ1v) is 10.9. The number of thiophene rings is 1. The third kappa shape index (κ3) is 3.93. The van der Waals surface area contributed by atoms with Gasteiger partial charge in [0.15, 0.2) is 0 Å². The summed E-state index contributed by atoms with van der Waals surface area (Å²) < 4.78 is 64.8. The molecule has 3 N–H and O–H groups in total. The van der Waals surface area contributed by atoms with E-state index in [1.807, 2.05) is 0 Å². The van der Waals surface area contributed by atoms with E-state index in [0.29, 0.717) is 16.0 Å². The number of benzene rings is 1. The molecule has 0 saturated heterocycles. The lowest BCUT2D eigenvalue weighted by molar-refractivity contribution is -0.108. The predicted octanol–water partition coefficient (Wildman–Crippen LogP) is 4.67. The van der Waals surface area contributed by atoms with E-state index < -0.39 is 30.0 Å². The molecule has 1 amide bonds. The average Bonchev–Trinajstić information content (AvgIpc) is 2.86. The molecule has 0 atom stereocenters. The molecule has 2 aromatic rings. The van der Waals surface area contributed by atoms with Gasteiger partial charge in [-0.05, 0) is 40.0 Å². The third-order valence-electron chi connectivity index (χ3n) is 4.25. The molecule has 5 nitrogen and oxygen atoms in total. The average molecular weight is 490 g/mol. The van der Waals surface area contributed by atoms with Gasteiger partial charge < -0.3 is 15.1 Å². The van der Waals surface area contributed by atoms with Gasteiger partial charge in [0.1, 0.15) is 4.88 Å². The van der Waals surface area contributed by atoms with Crippen molar-refractivity contribution in [2.24, 2.45) is 5.92 Å². The number of hydrogen-bond acceptors (Lipinski definition) is 3. The summed E-state index contributed by atoms with van der Waals surface area (Å²) in [5.41, 5.74) is -4.24. The van der Waals surface area contributed by atoms with Crippen molar-refractivity contribution in [2.75, 3.05) is 6.54 Å². The van der Waals surface area contributed by atoms with Crippen LogP contribution in [-0.4, -0.2) is 28.2 Å². The lowest BCUT2D eigenvalue weighted by Gasteiger charge is -2.34. The topological polar surface area (TPSA) is 86.6 Å². The van der Waals surface area contributed by atoms with Gasteiger partial charge in [0.2, 0.25) is 5.92 Å². The Labute approximate surface area is 163 Å². The van der Waals surface area contributed by atoms with Gasteiger partial charge in [0.05, 0.1) is 0 Å². The van der Waals surface area contributed by atoms with Gasteiger partial charge >= 0.3 is 13.3 Å². The highest BCUT2D eigenvalue weighted by Gasteiger charge is 2.53. The fourth-order valence-electron chi connectivity index (χ4n) is 2.80. The molecule has 12 heteroatoms. The van der Waals surface area contributed by atoms with Crippen molar-refractivity contribution >= 4 is 50.9 Å². The SMILES string of the molecule is O=C(NCC1CC(F)(F)C1)c1ccc2sc(C(F)(F)P(=O)(O)O)c(Br)c2c1. The molecule has 148 valence electrons. The molecule has 0 aliphatic heterocycles. The van der Waals surface area contributed by atoms with Crippen LogP contribution in [0.1, 0.15) is 28.1 Å². The maximum absolute atomic E-state index is 14.0. The Morgan fingerprint density at radius 1 is 1.37 bits per heavy atom. The number of halogens is 5. The third-order valence-corrected chi connectivity index (χ3v) is 7.69. The van der Waals surface area contributed by atoms with Crippen LogP contribution >= 0.6 is 34.9 Å². The van der Waals surface area contributed by atoms with Crippen LogP contribution in [0.4, 0.5) is 17.6 Å². The van der Waals surface area contributed by atoms with Crippen LogP contribution in [0.2, 0.25) is 0 Å². The van der Waals surface area contributed by atoms with Crippen LogP contribution in [0, 0.1) is 5.92 Å². The summed E-state index contributed by atoms with van der Waals surface area (Å²) in [6.07, 6.45) is -0.577. The Morgan fingerprint density at radius 2 is 2.00 bits per heavy atom. The number of hydrogen-bond donors (Lipinski definition) is 3. The van der Waals surface area contributed by atoms with Crippen molar-refractivity contribution in [3.8, 4) is 0 Å². The summed E-state index contributed by atoms with van der Waals surface area (Å²) in [6, 6.07) is 4.06.